The molecular formula is C16H24N2O2. The van der Waals surface area contributed by atoms with E-state index in [2.05, 4.69) is 25.8 Å². The fourth-order valence-corrected chi connectivity index (χ4v) is 3.34. The highest BCUT2D eigenvalue weighted by molar-refractivity contribution is 5.72. The summed E-state index contributed by atoms with van der Waals surface area (Å²) in [4.78, 5) is 15.7. The Labute approximate surface area is 120 Å². The summed E-state index contributed by atoms with van der Waals surface area (Å²) in [7, 11) is 0. The summed E-state index contributed by atoms with van der Waals surface area (Å²) in [6.07, 6.45) is 4.21. The third kappa shape index (κ3) is 2.94. The molecule has 1 aromatic heterocycles. The van der Waals surface area contributed by atoms with Crippen molar-refractivity contribution < 1.29 is 9.90 Å². The van der Waals surface area contributed by atoms with Crippen LogP contribution in [0.2, 0.25) is 0 Å². The van der Waals surface area contributed by atoms with Crippen molar-refractivity contribution in [3.63, 3.8) is 0 Å². The molecule has 1 aliphatic rings. The molecule has 2 rings (SSSR count). The van der Waals surface area contributed by atoms with Crippen LogP contribution in [-0.2, 0) is 4.79 Å². The lowest BCUT2D eigenvalue weighted by atomic mass is 9.64. The summed E-state index contributed by atoms with van der Waals surface area (Å²) in [6, 6.07) is 3.76. The van der Waals surface area contributed by atoms with Gasteiger partial charge in [0.25, 0.3) is 0 Å². The molecule has 3 atom stereocenters. The van der Waals surface area contributed by atoms with Gasteiger partial charge in [-0.15, -0.1) is 0 Å². The Morgan fingerprint density at radius 1 is 1.40 bits per heavy atom. The first-order valence-electron chi connectivity index (χ1n) is 7.24. The van der Waals surface area contributed by atoms with Crippen LogP contribution in [0.4, 0.5) is 5.82 Å². The fourth-order valence-electron chi connectivity index (χ4n) is 3.34. The summed E-state index contributed by atoms with van der Waals surface area (Å²) >= 11 is 0. The summed E-state index contributed by atoms with van der Waals surface area (Å²) in [5.74, 6) is -0.106. The average molecular weight is 276 g/mol. The van der Waals surface area contributed by atoms with Gasteiger partial charge in [0.05, 0.1) is 5.92 Å². The third-order valence-electron chi connectivity index (χ3n) is 4.66. The fraction of sp³-hybridized carbons (Fsp3) is 0.625. The van der Waals surface area contributed by atoms with Gasteiger partial charge in [-0.05, 0) is 42.2 Å². The van der Waals surface area contributed by atoms with Crippen LogP contribution in [0.15, 0.2) is 18.3 Å². The van der Waals surface area contributed by atoms with Gasteiger partial charge in [-0.2, -0.15) is 0 Å². The molecule has 0 aromatic carbocycles. The normalized spacial score (nSPS) is 27.2. The van der Waals surface area contributed by atoms with Crippen molar-refractivity contribution in [2.24, 2.45) is 17.3 Å². The van der Waals surface area contributed by atoms with Crippen LogP contribution in [0.1, 0.15) is 51.5 Å². The first kappa shape index (κ1) is 14.8. The molecule has 0 bridgehead atoms. The van der Waals surface area contributed by atoms with Crippen molar-refractivity contribution in [2.75, 3.05) is 5.73 Å². The molecule has 4 nitrogen and oxygen atoms in total. The number of pyridine rings is 1. The van der Waals surface area contributed by atoms with E-state index in [1.165, 1.54) is 0 Å². The molecule has 0 spiro atoms. The Bertz CT molecular complexity index is 493. The quantitative estimate of drug-likeness (QED) is 0.869. The molecule has 0 saturated heterocycles. The third-order valence-corrected chi connectivity index (χ3v) is 4.66. The molecule has 1 aromatic rings. The number of aromatic nitrogens is 1. The number of nitrogen functional groups attached to an aromatic ring is 1. The van der Waals surface area contributed by atoms with Crippen molar-refractivity contribution in [1.29, 1.82) is 0 Å². The Morgan fingerprint density at radius 2 is 2.10 bits per heavy atom. The van der Waals surface area contributed by atoms with Gasteiger partial charge >= 0.3 is 5.97 Å². The van der Waals surface area contributed by atoms with E-state index >= 15 is 0 Å². The molecule has 1 fully saturated rings. The van der Waals surface area contributed by atoms with Crippen molar-refractivity contribution in [2.45, 2.75) is 46.0 Å². The smallest absolute Gasteiger partial charge is 0.307 e. The second-order valence-corrected chi connectivity index (χ2v) is 6.91. The zero-order valence-corrected chi connectivity index (χ0v) is 12.5. The maximum atomic E-state index is 11.5. The van der Waals surface area contributed by atoms with Gasteiger partial charge in [-0.25, -0.2) is 4.98 Å². The van der Waals surface area contributed by atoms with Gasteiger partial charge in [0.2, 0.25) is 0 Å². The lowest BCUT2D eigenvalue weighted by Crippen LogP contribution is -2.34. The first-order valence-corrected chi connectivity index (χ1v) is 7.24. The van der Waals surface area contributed by atoms with Crippen LogP contribution in [0.25, 0.3) is 0 Å². The van der Waals surface area contributed by atoms with E-state index in [-0.39, 0.29) is 17.3 Å². The molecular weight excluding hydrogens is 252 g/mol. The molecule has 0 amide bonds. The number of anilines is 1. The molecule has 3 unspecified atom stereocenters. The Kier molecular flexibility index (Phi) is 4.02. The van der Waals surface area contributed by atoms with E-state index in [0.29, 0.717) is 11.7 Å². The molecule has 3 N–H and O–H groups in total. The van der Waals surface area contributed by atoms with Crippen molar-refractivity contribution in [3.8, 4) is 0 Å². The maximum Gasteiger partial charge on any atom is 0.307 e. The zero-order chi connectivity index (χ0) is 14.9. The van der Waals surface area contributed by atoms with Gasteiger partial charge in [0, 0.05) is 12.1 Å². The van der Waals surface area contributed by atoms with Crippen LogP contribution < -0.4 is 5.73 Å². The molecule has 4 heteroatoms. The molecule has 1 aliphatic carbocycles. The van der Waals surface area contributed by atoms with Gasteiger partial charge in [0.15, 0.2) is 0 Å². The van der Waals surface area contributed by atoms with Crippen LogP contribution in [0.3, 0.4) is 0 Å². The van der Waals surface area contributed by atoms with Crippen LogP contribution in [-0.4, -0.2) is 16.1 Å². The number of nitrogens with zero attached hydrogens (tertiary/aromatic N) is 1. The highest BCUT2D eigenvalue weighted by Crippen LogP contribution is 2.47. The SMILES string of the molecule is CC(C)(C)C1CCC(C(=O)O)C(c2cccnc2N)C1. The molecule has 0 radical (unpaired) electrons. The van der Waals surface area contributed by atoms with E-state index in [1.807, 2.05) is 12.1 Å². The van der Waals surface area contributed by atoms with E-state index in [9.17, 15) is 9.90 Å². The Morgan fingerprint density at radius 3 is 2.65 bits per heavy atom. The monoisotopic (exact) mass is 276 g/mol. The van der Waals surface area contributed by atoms with Crippen LogP contribution in [0, 0.1) is 17.3 Å². The van der Waals surface area contributed by atoms with E-state index in [1.54, 1.807) is 6.20 Å². The van der Waals surface area contributed by atoms with Crippen LogP contribution >= 0.6 is 0 Å². The number of carboxylic acids is 1. The number of hydrogen-bond donors (Lipinski definition) is 2. The van der Waals surface area contributed by atoms with Crippen molar-refractivity contribution >= 4 is 11.8 Å². The lowest BCUT2D eigenvalue weighted by Gasteiger charge is -2.40. The number of hydrogen-bond acceptors (Lipinski definition) is 3. The van der Waals surface area contributed by atoms with Gasteiger partial charge in [-0.3, -0.25) is 4.79 Å². The molecule has 1 heterocycles. The second-order valence-electron chi connectivity index (χ2n) is 6.91. The standard InChI is InChI=1S/C16H24N2O2/c1-16(2,3)10-6-7-12(15(19)20)13(9-10)11-5-4-8-18-14(11)17/h4-5,8,10,12-13H,6-7,9H2,1-3H3,(H2,17,18)(H,19,20). The minimum Gasteiger partial charge on any atom is -0.481 e. The Hall–Kier alpha value is -1.58. The number of rotatable bonds is 2. The average Bonchev–Trinajstić information content (AvgIpc) is 2.37. The summed E-state index contributed by atoms with van der Waals surface area (Å²) < 4.78 is 0. The lowest BCUT2D eigenvalue weighted by molar-refractivity contribution is -0.144. The number of aliphatic carboxylic acids is 1. The predicted octanol–water partition coefficient (Wildman–Crippen LogP) is 3.29. The minimum absolute atomic E-state index is 0.0285. The van der Waals surface area contributed by atoms with Gasteiger partial charge in [-0.1, -0.05) is 26.8 Å². The molecule has 0 aliphatic heterocycles. The minimum atomic E-state index is -0.717. The van der Waals surface area contributed by atoms with E-state index in [0.717, 1.165) is 24.8 Å². The number of carboxylic acid groups (broad SMARTS) is 1. The largest absolute Gasteiger partial charge is 0.481 e. The first-order chi connectivity index (χ1) is 9.30. The topological polar surface area (TPSA) is 76.2 Å². The van der Waals surface area contributed by atoms with Crippen molar-refractivity contribution in [1.82, 2.24) is 4.98 Å². The molecule has 20 heavy (non-hydrogen) atoms. The van der Waals surface area contributed by atoms with Gasteiger partial charge < -0.3 is 10.8 Å². The number of nitrogens with two attached hydrogens (primary N) is 1. The van der Waals surface area contributed by atoms with E-state index in [4.69, 9.17) is 5.73 Å². The highest BCUT2D eigenvalue weighted by Gasteiger charge is 2.40. The summed E-state index contributed by atoms with van der Waals surface area (Å²) in [6.45, 7) is 6.67. The number of carbonyl (C=O) groups is 1. The van der Waals surface area contributed by atoms with Crippen LogP contribution in [0.5, 0.6) is 0 Å². The predicted molar refractivity (Wildman–Crippen MR) is 79.3 cm³/mol. The van der Waals surface area contributed by atoms with Crippen molar-refractivity contribution in [3.05, 3.63) is 23.9 Å². The summed E-state index contributed by atoms with van der Waals surface area (Å²) in [5.41, 5.74) is 7.05. The van der Waals surface area contributed by atoms with Gasteiger partial charge in [0.1, 0.15) is 5.82 Å². The highest BCUT2D eigenvalue weighted by atomic mass is 16.4. The second kappa shape index (κ2) is 5.43. The molecule has 1 saturated carbocycles. The summed E-state index contributed by atoms with van der Waals surface area (Å²) in [5, 5.41) is 9.49. The van der Waals surface area contributed by atoms with E-state index < -0.39 is 5.97 Å². The maximum absolute atomic E-state index is 11.5. The Balaban J connectivity index is 2.33. The molecule has 110 valence electrons. The zero-order valence-electron chi connectivity index (χ0n) is 12.5.